The summed E-state index contributed by atoms with van der Waals surface area (Å²) in [6, 6.07) is 7.41. The van der Waals surface area contributed by atoms with Crippen LogP contribution in [0.2, 0.25) is 5.02 Å². The molecule has 0 aliphatic rings. The Kier molecular flexibility index (Phi) is 2.94. The normalized spacial score (nSPS) is 9.42. The zero-order chi connectivity index (χ0) is 8.97. The lowest BCUT2D eigenvalue weighted by molar-refractivity contribution is 0.897. The smallest absolute Gasteiger partial charge is 0.185 e. The Morgan fingerprint density at radius 2 is 2.33 bits per heavy atom. The highest BCUT2D eigenvalue weighted by Gasteiger charge is 1.93. The van der Waals surface area contributed by atoms with E-state index in [0.717, 1.165) is 5.56 Å². The van der Waals surface area contributed by atoms with Crippen molar-refractivity contribution in [2.45, 2.75) is 6.54 Å². The lowest BCUT2D eigenvalue weighted by Gasteiger charge is -2.03. The molecular weight excluding hydrogens is 174 g/mol. The van der Waals surface area contributed by atoms with E-state index in [-0.39, 0.29) is 5.96 Å². The van der Waals surface area contributed by atoms with Gasteiger partial charge < -0.3 is 11.1 Å². The van der Waals surface area contributed by atoms with Crippen molar-refractivity contribution in [1.29, 1.82) is 5.41 Å². The van der Waals surface area contributed by atoms with E-state index in [9.17, 15) is 0 Å². The molecule has 1 aromatic carbocycles. The van der Waals surface area contributed by atoms with Gasteiger partial charge in [0.05, 0.1) is 0 Å². The molecule has 0 radical (unpaired) electrons. The minimum Gasteiger partial charge on any atom is -0.370 e. The maximum atomic E-state index is 6.93. The summed E-state index contributed by atoms with van der Waals surface area (Å²) in [5.74, 6) is -0.0324. The Morgan fingerprint density at radius 1 is 1.58 bits per heavy atom. The molecule has 1 aromatic rings. The van der Waals surface area contributed by atoms with E-state index in [2.05, 4.69) is 5.32 Å². The van der Waals surface area contributed by atoms with E-state index >= 15 is 0 Å². The standard InChI is InChI=1S/C8H10ClN3/c9-7-3-1-2-6(4-7)5-12-8(10)11/h1-4H,5H2,(H4,10,11,12). The monoisotopic (exact) mass is 183 g/mol. The van der Waals surface area contributed by atoms with Crippen molar-refractivity contribution in [3.05, 3.63) is 34.9 Å². The molecule has 0 saturated heterocycles. The average Bonchev–Trinajstić information content (AvgIpc) is 2.01. The van der Waals surface area contributed by atoms with Gasteiger partial charge in [0.2, 0.25) is 0 Å². The van der Waals surface area contributed by atoms with E-state index < -0.39 is 0 Å². The minimum atomic E-state index is -0.0324. The highest BCUT2D eigenvalue weighted by molar-refractivity contribution is 6.30. The number of hydrogen-bond donors (Lipinski definition) is 3. The summed E-state index contributed by atoms with van der Waals surface area (Å²) < 4.78 is 0. The van der Waals surface area contributed by atoms with Crippen LogP contribution in [0.4, 0.5) is 0 Å². The molecule has 0 saturated carbocycles. The van der Waals surface area contributed by atoms with Crippen LogP contribution >= 0.6 is 11.6 Å². The summed E-state index contributed by atoms with van der Waals surface area (Å²) >= 11 is 5.75. The number of nitrogens with two attached hydrogens (primary N) is 1. The number of nitrogens with one attached hydrogen (secondary N) is 2. The predicted molar refractivity (Wildman–Crippen MR) is 50.2 cm³/mol. The van der Waals surface area contributed by atoms with Crippen molar-refractivity contribution in [3.63, 3.8) is 0 Å². The Morgan fingerprint density at radius 3 is 2.92 bits per heavy atom. The first-order valence-corrected chi connectivity index (χ1v) is 3.88. The number of guanidine groups is 1. The topological polar surface area (TPSA) is 61.9 Å². The summed E-state index contributed by atoms with van der Waals surface area (Å²) in [4.78, 5) is 0. The zero-order valence-electron chi connectivity index (χ0n) is 6.47. The third kappa shape index (κ3) is 2.80. The Labute approximate surface area is 76.0 Å². The number of hydrogen-bond acceptors (Lipinski definition) is 1. The van der Waals surface area contributed by atoms with Gasteiger partial charge in [0, 0.05) is 11.6 Å². The molecule has 0 aromatic heterocycles. The molecule has 4 N–H and O–H groups in total. The lowest BCUT2D eigenvalue weighted by atomic mass is 10.2. The van der Waals surface area contributed by atoms with Crippen molar-refractivity contribution in [2.75, 3.05) is 0 Å². The fourth-order valence-electron chi connectivity index (χ4n) is 0.844. The molecule has 0 spiro atoms. The SMILES string of the molecule is N=C(N)NCc1cccc(Cl)c1. The van der Waals surface area contributed by atoms with Crippen LogP contribution in [0.1, 0.15) is 5.56 Å². The predicted octanol–water partition coefficient (Wildman–Crippen LogP) is 1.32. The van der Waals surface area contributed by atoms with Gasteiger partial charge in [-0.1, -0.05) is 23.7 Å². The maximum Gasteiger partial charge on any atom is 0.185 e. The molecule has 1 rings (SSSR count). The van der Waals surface area contributed by atoms with Crippen LogP contribution < -0.4 is 11.1 Å². The fourth-order valence-corrected chi connectivity index (χ4v) is 1.06. The van der Waals surface area contributed by atoms with Crippen LogP contribution in [0.5, 0.6) is 0 Å². The van der Waals surface area contributed by atoms with Gasteiger partial charge in [0.1, 0.15) is 0 Å². The molecule has 3 nitrogen and oxygen atoms in total. The Balaban J connectivity index is 2.57. The molecule has 4 heteroatoms. The summed E-state index contributed by atoms with van der Waals surface area (Å²) in [7, 11) is 0. The molecule has 0 amide bonds. The second-order valence-corrected chi connectivity index (χ2v) is 2.83. The minimum absolute atomic E-state index is 0.0324. The Bertz CT molecular complexity index is 285. The van der Waals surface area contributed by atoms with Gasteiger partial charge in [-0.05, 0) is 17.7 Å². The molecule has 0 fully saturated rings. The van der Waals surface area contributed by atoms with Crippen molar-refractivity contribution in [3.8, 4) is 0 Å². The van der Waals surface area contributed by atoms with E-state index in [0.29, 0.717) is 11.6 Å². The van der Waals surface area contributed by atoms with Gasteiger partial charge in [-0.25, -0.2) is 0 Å². The zero-order valence-corrected chi connectivity index (χ0v) is 7.23. The number of benzene rings is 1. The highest BCUT2D eigenvalue weighted by Crippen LogP contribution is 2.09. The fraction of sp³-hybridized carbons (Fsp3) is 0.125. The summed E-state index contributed by atoms with van der Waals surface area (Å²) in [5, 5.41) is 10.3. The third-order valence-corrected chi connectivity index (χ3v) is 1.61. The second kappa shape index (κ2) is 3.97. The summed E-state index contributed by atoms with van der Waals surface area (Å²) in [5.41, 5.74) is 6.13. The van der Waals surface area contributed by atoms with E-state index in [1.165, 1.54) is 0 Å². The molecule has 0 heterocycles. The second-order valence-electron chi connectivity index (χ2n) is 2.40. The average molecular weight is 184 g/mol. The molecular formula is C8H10ClN3. The molecule has 0 aliphatic carbocycles. The molecule has 0 unspecified atom stereocenters. The van der Waals surface area contributed by atoms with Gasteiger partial charge in [-0.15, -0.1) is 0 Å². The van der Waals surface area contributed by atoms with Gasteiger partial charge in [0.25, 0.3) is 0 Å². The van der Waals surface area contributed by atoms with Crippen LogP contribution in [-0.2, 0) is 6.54 Å². The largest absolute Gasteiger partial charge is 0.370 e. The van der Waals surface area contributed by atoms with E-state index in [1.807, 2.05) is 18.2 Å². The van der Waals surface area contributed by atoms with Gasteiger partial charge in [-0.3, -0.25) is 5.41 Å². The van der Waals surface area contributed by atoms with Crippen LogP contribution in [-0.4, -0.2) is 5.96 Å². The van der Waals surface area contributed by atoms with Crippen molar-refractivity contribution in [2.24, 2.45) is 5.73 Å². The summed E-state index contributed by atoms with van der Waals surface area (Å²) in [6.07, 6.45) is 0. The van der Waals surface area contributed by atoms with Crippen molar-refractivity contribution in [1.82, 2.24) is 5.32 Å². The lowest BCUT2D eigenvalue weighted by Crippen LogP contribution is -2.29. The Hall–Kier alpha value is -1.22. The first-order valence-electron chi connectivity index (χ1n) is 3.51. The van der Waals surface area contributed by atoms with Crippen LogP contribution in [0.15, 0.2) is 24.3 Å². The van der Waals surface area contributed by atoms with Crippen molar-refractivity contribution < 1.29 is 0 Å². The summed E-state index contributed by atoms with van der Waals surface area (Å²) in [6.45, 7) is 0.538. The van der Waals surface area contributed by atoms with E-state index in [1.54, 1.807) is 6.07 Å². The van der Waals surface area contributed by atoms with Crippen LogP contribution in [0.25, 0.3) is 0 Å². The third-order valence-electron chi connectivity index (χ3n) is 1.37. The first-order chi connectivity index (χ1) is 5.68. The molecule has 0 bridgehead atoms. The molecule has 64 valence electrons. The molecule has 12 heavy (non-hydrogen) atoms. The van der Waals surface area contributed by atoms with Gasteiger partial charge in [-0.2, -0.15) is 0 Å². The molecule has 0 atom stereocenters. The van der Waals surface area contributed by atoms with Crippen molar-refractivity contribution >= 4 is 17.6 Å². The number of rotatable bonds is 2. The van der Waals surface area contributed by atoms with Crippen LogP contribution in [0, 0.1) is 5.41 Å². The first kappa shape index (κ1) is 8.87. The quantitative estimate of drug-likeness (QED) is 0.479. The number of halogens is 1. The van der Waals surface area contributed by atoms with Gasteiger partial charge >= 0.3 is 0 Å². The van der Waals surface area contributed by atoms with Crippen LogP contribution in [0.3, 0.4) is 0 Å². The maximum absolute atomic E-state index is 6.93. The molecule has 0 aliphatic heterocycles. The highest BCUT2D eigenvalue weighted by atomic mass is 35.5. The van der Waals surface area contributed by atoms with Gasteiger partial charge in [0.15, 0.2) is 5.96 Å². The van der Waals surface area contributed by atoms with E-state index in [4.69, 9.17) is 22.7 Å².